The van der Waals surface area contributed by atoms with Gasteiger partial charge in [-0.05, 0) is 59.4 Å². The number of phenols is 1. The average molecular weight is 489 g/mol. The number of benzene rings is 2. The lowest BCUT2D eigenvalue weighted by atomic mass is 9.82. The number of nitrogens with zero attached hydrogens (tertiary/aromatic N) is 2. The number of anilines is 1. The summed E-state index contributed by atoms with van der Waals surface area (Å²) in [5.74, 6) is 1.13. The molecule has 6 heteroatoms. The van der Waals surface area contributed by atoms with Crippen molar-refractivity contribution < 1.29 is 9.90 Å². The topological polar surface area (TPSA) is 81.3 Å². The van der Waals surface area contributed by atoms with Gasteiger partial charge in [0.15, 0.2) is 0 Å². The summed E-state index contributed by atoms with van der Waals surface area (Å²) in [6.07, 6.45) is 9.38. The number of amides is 2. The van der Waals surface area contributed by atoms with E-state index in [1.165, 1.54) is 19.3 Å². The van der Waals surface area contributed by atoms with Crippen molar-refractivity contribution in [3.05, 3.63) is 77.4 Å². The van der Waals surface area contributed by atoms with Gasteiger partial charge in [0, 0.05) is 18.4 Å². The van der Waals surface area contributed by atoms with Crippen LogP contribution < -0.4 is 5.32 Å². The van der Waals surface area contributed by atoms with Crippen molar-refractivity contribution in [1.29, 1.82) is 0 Å². The molecule has 0 bridgehead atoms. The van der Waals surface area contributed by atoms with Gasteiger partial charge in [-0.15, -0.1) is 0 Å². The second-order valence-corrected chi connectivity index (χ2v) is 10.7. The van der Waals surface area contributed by atoms with Crippen LogP contribution in [0.1, 0.15) is 100 Å². The molecule has 1 atom stereocenters. The third-order valence-electron chi connectivity index (χ3n) is 7.41. The van der Waals surface area contributed by atoms with Crippen LogP contribution in [0.4, 0.5) is 10.5 Å². The number of aromatic hydroxyl groups is 1. The lowest BCUT2D eigenvalue weighted by Gasteiger charge is -2.38. The Morgan fingerprint density at radius 1 is 1.03 bits per heavy atom. The van der Waals surface area contributed by atoms with Crippen LogP contribution in [0, 0.1) is 5.92 Å². The molecule has 1 fully saturated rings. The van der Waals surface area contributed by atoms with E-state index in [1.807, 2.05) is 23.2 Å². The Morgan fingerprint density at radius 2 is 1.67 bits per heavy atom. The summed E-state index contributed by atoms with van der Waals surface area (Å²) in [6.45, 7) is 9.09. The number of rotatable bonds is 8. The number of urea groups is 1. The minimum absolute atomic E-state index is 0.114. The molecule has 192 valence electrons. The molecular formula is C30H40N4O2. The monoisotopic (exact) mass is 488 g/mol. The molecule has 0 spiro atoms. The zero-order valence-corrected chi connectivity index (χ0v) is 22.0. The average Bonchev–Trinajstić information content (AvgIpc) is 3.40. The maximum Gasteiger partial charge on any atom is 0.322 e. The van der Waals surface area contributed by atoms with Gasteiger partial charge in [-0.25, -0.2) is 9.78 Å². The molecule has 1 unspecified atom stereocenters. The number of H-pyrrole nitrogens is 1. The Kier molecular flexibility index (Phi) is 8.34. The molecule has 2 amide bonds. The van der Waals surface area contributed by atoms with E-state index in [0.717, 1.165) is 40.9 Å². The van der Waals surface area contributed by atoms with E-state index in [2.05, 4.69) is 61.2 Å². The highest BCUT2D eigenvalue weighted by molar-refractivity contribution is 5.91. The van der Waals surface area contributed by atoms with E-state index in [9.17, 15) is 9.90 Å². The third kappa shape index (κ3) is 5.92. The van der Waals surface area contributed by atoms with Gasteiger partial charge in [0.2, 0.25) is 0 Å². The standard InChI is InChI=1S/C30H40N4O2/c1-20(2)25-11-8-12-26(21(3)4)28(25)33-30(36)34(18-22-13-15-24(35)16-14-22)29(27-17-31-19-32-27)23-9-6-5-7-10-23/h8,11-17,19-21,23,29,35H,5-7,9-10,18H2,1-4H3,(H,31,32)(H,33,36). The second kappa shape index (κ2) is 11.6. The van der Waals surface area contributed by atoms with Gasteiger partial charge < -0.3 is 20.3 Å². The second-order valence-electron chi connectivity index (χ2n) is 10.7. The Labute approximate surface area is 215 Å². The number of aromatic amines is 1. The first-order valence-corrected chi connectivity index (χ1v) is 13.3. The molecule has 6 nitrogen and oxygen atoms in total. The van der Waals surface area contributed by atoms with Crippen LogP contribution in [0.2, 0.25) is 0 Å². The Morgan fingerprint density at radius 3 is 2.22 bits per heavy atom. The normalized spacial score (nSPS) is 15.3. The fourth-order valence-electron chi connectivity index (χ4n) is 5.51. The Bertz CT molecular complexity index is 1090. The number of carbonyl (C=O) groups excluding carboxylic acids is 1. The zero-order valence-electron chi connectivity index (χ0n) is 22.0. The summed E-state index contributed by atoms with van der Waals surface area (Å²) in [7, 11) is 0. The Hall–Kier alpha value is -3.28. The molecule has 4 rings (SSSR count). The summed E-state index contributed by atoms with van der Waals surface area (Å²) >= 11 is 0. The molecule has 1 aliphatic rings. The van der Waals surface area contributed by atoms with E-state index >= 15 is 0 Å². The lowest BCUT2D eigenvalue weighted by molar-refractivity contribution is 0.131. The predicted octanol–water partition coefficient (Wildman–Crippen LogP) is 7.72. The van der Waals surface area contributed by atoms with Gasteiger partial charge in [-0.2, -0.15) is 0 Å². The van der Waals surface area contributed by atoms with Crippen molar-refractivity contribution in [2.24, 2.45) is 5.92 Å². The molecule has 3 N–H and O–H groups in total. The first kappa shape index (κ1) is 25.8. The number of aromatic nitrogens is 2. The van der Waals surface area contributed by atoms with E-state index in [-0.39, 0.29) is 29.7 Å². The molecule has 1 saturated carbocycles. The fraction of sp³-hybridized carbons (Fsp3) is 0.467. The van der Waals surface area contributed by atoms with Crippen LogP contribution in [0.3, 0.4) is 0 Å². The molecule has 1 aromatic heterocycles. The largest absolute Gasteiger partial charge is 0.508 e. The molecular weight excluding hydrogens is 448 g/mol. The highest BCUT2D eigenvalue weighted by Gasteiger charge is 2.35. The third-order valence-corrected chi connectivity index (χ3v) is 7.41. The van der Waals surface area contributed by atoms with Gasteiger partial charge in [0.25, 0.3) is 0 Å². The number of carbonyl (C=O) groups is 1. The van der Waals surface area contributed by atoms with Crippen molar-refractivity contribution in [2.45, 2.75) is 84.2 Å². The molecule has 0 radical (unpaired) electrons. The molecule has 0 saturated heterocycles. The number of hydrogen-bond acceptors (Lipinski definition) is 3. The van der Waals surface area contributed by atoms with Gasteiger partial charge in [0.1, 0.15) is 5.75 Å². The van der Waals surface area contributed by atoms with Crippen molar-refractivity contribution in [3.8, 4) is 5.75 Å². The van der Waals surface area contributed by atoms with Crippen molar-refractivity contribution in [3.63, 3.8) is 0 Å². The molecule has 0 aliphatic heterocycles. The van der Waals surface area contributed by atoms with Gasteiger partial charge >= 0.3 is 6.03 Å². The van der Waals surface area contributed by atoms with E-state index < -0.39 is 0 Å². The zero-order chi connectivity index (χ0) is 25.7. The minimum Gasteiger partial charge on any atom is -0.508 e. The first-order chi connectivity index (χ1) is 17.3. The number of para-hydroxylation sites is 1. The van der Waals surface area contributed by atoms with Crippen LogP contribution >= 0.6 is 0 Å². The van der Waals surface area contributed by atoms with Gasteiger partial charge in [-0.1, -0.05) is 77.3 Å². The van der Waals surface area contributed by atoms with Gasteiger partial charge in [-0.3, -0.25) is 0 Å². The van der Waals surface area contributed by atoms with Crippen molar-refractivity contribution in [2.75, 3.05) is 5.32 Å². The number of hydrogen-bond donors (Lipinski definition) is 3. The van der Waals surface area contributed by atoms with E-state index in [4.69, 9.17) is 0 Å². The summed E-state index contributed by atoms with van der Waals surface area (Å²) in [6, 6.07) is 13.2. The van der Waals surface area contributed by atoms with E-state index in [1.54, 1.807) is 18.5 Å². The van der Waals surface area contributed by atoms with E-state index in [0.29, 0.717) is 12.5 Å². The van der Waals surface area contributed by atoms with Crippen LogP contribution in [0.15, 0.2) is 55.0 Å². The predicted molar refractivity (Wildman–Crippen MR) is 145 cm³/mol. The lowest BCUT2D eigenvalue weighted by Crippen LogP contribution is -2.42. The highest BCUT2D eigenvalue weighted by atomic mass is 16.3. The smallest absolute Gasteiger partial charge is 0.322 e. The molecule has 36 heavy (non-hydrogen) atoms. The molecule has 3 aromatic rings. The summed E-state index contributed by atoms with van der Waals surface area (Å²) in [4.78, 5) is 23.9. The van der Waals surface area contributed by atoms with Crippen LogP contribution in [0.25, 0.3) is 0 Å². The maximum atomic E-state index is 14.2. The maximum absolute atomic E-state index is 14.2. The molecule has 1 heterocycles. The molecule has 2 aromatic carbocycles. The first-order valence-electron chi connectivity index (χ1n) is 13.3. The van der Waals surface area contributed by atoms with Crippen LogP contribution in [-0.2, 0) is 6.54 Å². The minimum atomic E-state index is -0.140. The number of nitrogens with one attached hydrogen (secondary N) is 2. The fourth-order valence-corrected chi connectivity index (χ4v) is 5.51. The Balaban J connectivity index is 1.75. The SMILES string of the molecule is CC(C)c1cccc(C(C)C)c1NC(=O)N(Cc1ccc(O)cc1)C(c1c[nH]cn1)C1CCCCC1. The number of imidazole rings is 1. The number of phenolic OH excluding ortho intramolecular Hbond substituents is 1. The van der Waals surface area contributed by atoms with Gasteiger partial charge in [0.05, 0.1) is 18.1 Å². The summed E-state index contributed by atoms with van der Waals surface area (Å²) < 4.78 is 0. The van der Waals surface area contributed by atoms with Crippen molar-refractivity contribution >= 4 is 11.7 Å². The molecule has 1 aliphatic carbocycles. The van der Waals surface area contributed by atoms with Crippen LogP contribution in [0.5, 0.6) is 5.75 Å². The van der Waals surface area contributed by atoms with Crippen LogP contribution in [-0.4, -0.2) is 26.0 Å². The summed E-state index contributed by atoms with van der Waals surface area (Å²) in [5, 5.41) is 13.2. The van der Waals surface area contributed by atoms with Crippen molar-refractivity contribution in [1.82, 2.24) is 14.9 Å². The quantitative estimate of drug-likeness (QED) is 0.304. The highest BCUT2D eigenvalue weighted by Crippen LogP contribution is 2.40. The summed E-state index contributed by atoms with van der Waals surface area (Å²) in [5.41, 5.74) is 5.09.